The Bertz CT molecular complexity index is 701. The van der Waals surface area contributed by atoms with Crippen LogP contribution < -0.4 is 16.2 Å². The SMILES string of the molecule is c1ccc(CCO[C@H]2CC[C@@H](CNc3ncnc4c3CNN4)CC2)cc1. The van der Waals surface area contributed by atoms with Crippen LogP contribution in [-0.4, -0.2) is 29.2 Å². The smallest absolute Gasteiger partial charge is 0.150 e. The second kappa shape index (κ2) is 8.47. The van der Waals surface area contributed by atoms with Gasteiger partial charge in [-0.25, -0.2) is 15.4 Å². The van der Waals surface area contributed by atoms with E-state index in [0.717, 1.165) is 56.2 Å². The van der Waals surface area contributed by atoms with Gasteiger partial charge in [-0.1, -0.05) is 30.3 Å². The number of nitrogens with one attached hydrogen (secondary N) is 3. The molecule has 1 aromatic carbocycles. The molecule has 1 aromatic heterocycles. The highest BCUT2D eigenvalue weighted by atomic mass is 16.5. The van der Waals surface area contributed by atoms with Crippen molar-refractivity contribution in [1.29, 1.82) is 0 Å². The topological polar surface area (TPSA) is 71.1 Å². The lowest BCUT2D eigenvalue weighted by molar-refractivity contribution is 0.0210. The molecule has 0 radical (unpaired) electrons. The van der Waals surface area contributed by atoms with Crippen LogP contribution in [0.1, 0.15) is 36.8 Å². The predicted molar refractivity (Wildman–Crippen MR) is 103 cm³/mol. The van der Waals surface area contributed by atoms with E-state index in [9.17, 15) is 0 Å². The third kappa shape index (κ3) is 4.31. The second-order valence-corrected chi connectivity index (χ2v) is 7.16. The van der Waals surface area contributed by atoms with Crippen LogP contribution in [-0.2, 0) is 17.7 Å². The van der Waals surface area contributed by atoms with E-state index in [1.165, 1.54) is 18.4 Å². The fraction of sp³-hybridized carbons (Fsp3) is 0.500. The molecule has 0 bridgehead atoms. The van der Waals surface area contributed by atoms with E-state index in [2.05, 4.69) is 56.5 Å². The molecule has 2 aromatic rings. The van der Waals surface area contributed by atoms with Crippen molar-refractivity contribution in [3.05, 3.63) is 47.8 Å². The summed E-state index contributed by atoms with van der Waals surface area (Å²) in [6.07, 6.45) is 7.78. The van der Waals surface area contributed by atoms with Crippen molar-refractivity contribution in [2.75, 3.05) is 23.9 Å². The fourth-order valence-electron chi connectivity index (χ4n) is 3.79. The number of nitrogens with zero attached hydrogens (tertiary/aromatic N) is 2. The molecule has 0 spiro atoms. The number of fused-ring (bicyclic) bond motifs is 1. The number of rotatable bonds is 7. The number of hydrazine groups is 1. The number of anilines is 2. The summed E-state index contributed by atoms with van der Waals surface area (Å²) in [6, 6.07) is 10.6. The van der Waals surface area contributed by atoms with Crippen LogP contribution in [0, 0.1) is 5.92 Å². The Morgan fingerprint density at radius 3 is 2.77 bits per heavy atom. The van der Waals surface area contributed by atoms with Crippen LogP contribution >= 0.6 is 0 Å². The predicted octanol–water partition coefficient (Wildman–Crippen LogP) is 3.14. The van der Waals surface area contributed by atoms with Crippen molar-refractivity contribution in [3.63, 3.8) is 0 Å². The van der Waals surface area contributed by atoms with Crippen LogP contribution in [0.3, 0.4) is 0 Å². The van der Waals surface area contributed by atoms with Crippen molar-refractivity contribution < 1.29 is 4.74 Å². The van der Waals surface area contributed by atoms with Gasteiger partial charge in [-0.05, 0) is 43.6 Å². The molecule has 26 heavy (non-hydrogen) atoms. The minimum absolute atomic E-state index is 0.423. The largest absolute Gasteiger partial charge is 0.378 e. The lowest BCUT2D eigenvalue weighted by Gasteiger charge is -2.29. The van der Waals surface area contributed by atoms with E-state index < -0.39 is 0 Å². The number of hydrogen-bond donors (Lipinski definition) is 3. The third-order valence-electron chi connectivity index (χ3n) is 5.36. The lowest BCUT2D eigenvalue weighted by atomic mass is 9.87. The normalized spacial score (nSPS) is 21.8. The van der Waals surface area contributed by atoms with E-state index in [4.69, 9.17) is 4.74 Å². The molecule has 2 aliphatic rings. The maximum absolute atomic E-state index is 6.10. The molecule has 1 fully saturated rings. The van der Waals surface area contributed by atoms with Gasteiger partial charge in [-0.15, -0.1) is 0 Å². The Morgan fingerprint density at radius 1 is 1.08 bits per heavy atom. The fourth-order valence-corrected chi connectivity index (χ4v) is 3.79. The van der Waals surface area contributed by atoms with Gasteiger partial charge in [0.2, 0.25) is 0 Å². The minimum atomic E-state index is 0.423. The number of ether oxygens (including phenoxy) is 1. The van der Waals surface area contributed by atoms with Gasteiger partial charge in [-0.2, -0.15) is 0 Å². The Kier molecular flexibility index (Phi) is 5.62. The molecule has 0 unspecified atom stereocenters. The zero-order chi connectivity index (χ0) is 17.6. The first-order valence-corrected chi connectivity index (χ1v) is 9.60. The number of hydrogen-bond acceptors (Lipinski definition) is 6. The Morgan fingerprint density at radius 2 is 1.92 bits per heavy atom. The van der Waals surface area contributed by atoms with E-state index in [1.807, 2.05) is 0 Å². The average molecular weight is 353 g/mol. The van der Waals surface area contributed by atoms with Gasteiger partial charge in [0.05, 0.1) is 18.3 Å². The molecule has 6 nitrogen and oxygen atoms in total. The van der Waals surface area contributed by atoms with Crippen molar-refractivity contribution in [1.82, 2.24) is 15.4 Å². The molecule has 2 heterocycles. The molecule has 1 aliphatic carbocycles. The van der Waals surface area contributed by atoms with Crippen LogP contribution in [0.25, 0.3) is 0 Å². The van der Waals surface area contributed by atoms with Gasteiger partial charge in [0.1, 0.15) is 18.0 Å². The zero-order valence-electron chi connectivity index (χ0n) is 15.1. The first-order chi connectivity index (χ1) is 12.9. The maximum Gasteiger partial charge on any atom is 0.150 e. The standard InChI is InChI=1S/C20H27N5O/c1-2-4-15(5-3-1)10-11-26-17-8-6-16(7-9-17)12-21-19-18-13-24-25-20(18)23-14-22-19/h1-5,14,16-17,24H,6-13H2,(H2,21,22,23,25)/t16-,17+. The zero-order valence-corrected chi connectivity index (χ0v) is 15.1. The van der Waals surface area contributed by atoms with Crippen molar-refractivity contribution in [2.45, 2.75) is 44.8 Å². The number of benzene rings is 1. The van der Waals surface area contributed by atoms with Crippen molar-refractivity contribution >= 4 is 11.6 Å². The third-order valence-corrected chi connectivity index (χ3v) is 5.36. The molecule has 6 heteroatoms. The molecule has 4 rings (SSSR count). The van der Waals surface area contributed by atoms with Crippen LogP contribution in [0.4, 0.5) is 11.6 Å². The Hall–Kier alpha value is -2.18. The molecule has 1 aliphatic heterocycles. The highest BCUT2D eigenvalue weighted by molar-refractivity contribution is 5.59. The van der Waals surface area contributed by atoms with Gasteiger partial charge in [0, 0.05) is 13.1 Å². The quantitative estimate of drug-likeness (QED) is 0.710. The number of aromatic nitrogens is 2. The first-order valence-electron chi connectivity index (χ1n) is 9.60. The van der Waals surface area contributed by atoms with Crippen LogP contribution in [0.2, 0.25) is 0 Å². The van der Waals surface area contributed by atoms with E-state index in [0.29, 0.717) is 12.0 Å². The summed E-state index contributed by atoms with van der Waals surface area (Å²) in [5, 5.41) is 3.52. The lowest BCUT2D eigenvalue weighted by Crippen LogP contribution is -2.26. The Labute approximate surface area is 154 Å². The van der Waals surface area contributed by atoms with Gasteiger partial charge in [0.15, 0.2) is 0 Å². The van der Waals surface area contributed by atoms with Gasteiger partial charge >= 0.3 is 0 Å². The summed E-state index contributed by atoms with van der Waals surface area (Å²) in [6.45, 7) is 2.56. The van der Waals surface area contributed by atoms with Crippen molar-refractivity contribution in [2.24, 2.45) is 5.92 Å². The van der Waals surface area contributed by atoms with E-state index >= 15 is 0 Å². The molecule has 138 valence electrons. The summed E-state index contributed by atoms with van der Waals surface area (Å²) in [5.41, 5.74) is 8.64. The molecule has 3 N–H and O–H groups in total. The summed E-state index contributed by atoms with van der Waals surface area (Å²) >= 11 is 0. The maximum atomic E-state index is 6.10. The molecule has 1 saturated carbocycles. The monoisotopic (exact) mass is 353 g/mol. The Balaban J connectivity index is 1.17. The minimum Gasteiger partial charge on any atom is -0.378 e. The summed E-state index contributed by atoms with van der Waals surface area (Å²) < 4.78 is 6.10. The molecule has 0 amide bonds. The van der Waals surface area contributed by atoms with E-state index in [1.54, 1.807) is 6.33 Å². The molecule has 0 saturated heterocycles. The summed E-state index contributed by atoms with van der Waals surface area (Å²) in [4.78, 5) is 8.63. The summed E-state index contributed by atoms with van der Waals surface area (Å²) in [7, 11) is 0. The molecular formula is C20H27N5O. The van der Waals surface area contributed by atoms with Gasteiger partial charge in [-0.3, -0.25) is 0 Å². The summed E-state index contributed by atoms with van der Waals surface area (Å²) in [5.74, 6) is 2.53. The second-order valence-electron chi connectivity index (χ2n) is 7.16. The van der Waals surface area contributed by atoms with Crippen LogP contribution in [0.5, 0.6) is 0 Å². The highest BCUT2D eigenvalue weighted by Crippen LogP contribution is 2.28. The van der Waals surface area contributed by atoms with Crippen molar-refractivity contribution in [3.8, 4) is 0 Å². The van der Waals surface area contributed by atoms with Gasteiger partial charge < -0.3 is 15.5 Å². The molecular weight excluding hydrogens is 326 g/mol. The average Bonchev–Trinajstić information content (AvgIpc) is 3.18. The van der Waals surface area contributed by atoms with Gasteiger partial charge in [0.25, 0.3) is 0 Å². The molecule has 0 atom stereocenters. The highest BCUT2D eigenvalue weighted by Gasteiger charge is 2.22. The first kappa shape index (κ1) is 17.2. The van der Waals surface area contributed by atoms with E-state index in [-0.39, 0.29) is 0 Å². The van der Waals surface area contributed by atoms with Crippen LogP contribution in [0.15, 0.2) is 36.7 Å².